The SMILES string of the molecule is O=C1NCCCCC1CC1CCC1. The monoisotopic (exact) mass is 181 g/mol. The van der Waals surface area contributed by atoms with Gasteiger partial charge in [0.05, 0.1) is 0 Å². The Morgan fingerprint density at radius 2 is 2.00 bits per heavy atom. The van der Waals surface area contributed by atoms with E-state index in [2.05, 4.69) is 5.32 Å². The van der Waals surface area contributed by atoms with Gasteiger partial charge in [-0.1, -0.05) is 25.7 Å². The Morgan fingerprint density at radius 3 is 2.69 bits per heavy atom. The van der Waals surface area contributed by atoms with E-state index in [1.54, 1.807) is 0 Å². The summed E-state index contributed by atoms with van der Waals surface area (Å²) in [5, 5.41) is 3.01. The quantitative estimate of drug-likeness (QED) is 0.694. The molecule has 1 heterocycles. The first kappa shape index (κ1) is 9.04. The lowest BCUT2D eigenvalue weighted by molar-refractivity contribution is -0.125. The largest absolute Gasteiger partial charge is 0.356 e. The molecule has 1 N–H and O–H groups in total. The van der Waals surface area contributed by atoms with Crippen LogP contribution in [0, 0.1) is 11.8 Å². The predicted molar refractivity (Wildman–Crippen MR) is 52.3 cm³/mol. The van der Waals surface area contributed by atoms with Gasteiger partial charge in [-0.25, -0.2) is 0 Å². The van der Waals surface area contributed by atoms with Gasteiger partial charge in [0.2, 0.25) is 5.91 Å². The standard InChI is InChI=1S/C11H19NO/c13-11-10(6-1-2-7-12-11)8-9-4-3-5-9/h9-10H,1-8H2,(H,12,13). The smallest absolute Gasteiger partial charge is 0.223 e. The molecule has 1 atom stereocenters. The normalized spacial score (nSPS) is 30.5. The van der Waals surface area contributed by atoms with Gasteiger partial charge < -0.3 is 5.32 Å². The van der Waals surface area contributed by atoms with Gasteiger partial charge in [0.1, 0.15) is 0 Å². The number of carbonyl (C=O) groups is 1. The van der Waals surface area contributed by atoms with E-state index < -0.39 is 0 Å². The maximum absolute atomic E-state index is 11.6. The van der Waals surface area contributed by atoms with E-state index in [0.29, 0.717) is 11.8 Å². The first-order valence-corrected chi connectivity index (χ1v) is 5.64. The van der Waals surface area contributed by atoms with Gasteiger partial charge >= 0.3 is 0 Å². The molecule has 1 aliphatic heterocycles. The minimum atomic E-state index is 0.324. The molecule has 0 spiro atoms. The lowest BCUT2D eigenvalue weighted by Crippen LogP contribution is -2.31. The fourth-order valence-electron chi connectivity index (χ4n) is 2.36. The second-order valence-corrected chi connectivity index (χ2v) is 4.52. The molecule has 1 saturated carbocycles. The minimum Gasteiger partial charge on any atom is -0.356 e. The summed E-state index contributed by atoms with van der Waals surface area (Å²) in [7, 11) is 0. The molecule has 0 aromatic carbocycles. The van der Waals surface area contributed by atoms with Gasteiger partial charge in [-0.15, -0.1) is 0 Å². The average Bonchev–Trinajstić information content (AvgIpc) is 2.23. The average molecular weight is 181 g/mol. The van der Waals surface area contributed by atoms with Crippen LogP contribution in [0.4, 0.5) is 0 Å². The Labute approximate surface area is 80.1 Å². The number of hydrogen-bond donors (Lipinski definition) is 1. The van der Waals surface area contributed by atoms with Gasteiger partial charge in [-0.05, 0) is 25.2 Å². The van der Waals surface area contributed by atoms with Crippen molar-refractivity contribution >= 4 is 5.91 Å². The Hall–Kier alpha value is -0.530. The molecule has 2 heteroatoms. The van der Waals surface area contributed by atoms with Crippen molar-refractivity contribution in [1.29, 1.82) is 0 Å². The van der Waals surface area contributed by atoms with Crippen LogP contribution in [0.25, 0.3) is 0 Å². The molecule has 2 fully saturated rings. The number of hydrogen-bond acceptors (Lipinski definition) is 1. The number of rotatable bonds is 2. The molecular weight excluding hydrogens is 162 g/mol. The van der Waals surface area contributed by atoms with Crippen LogP contribution < -0.4 is 5.32 Å². The lowest BCUT2D eigenvalue weighted by Gasteiger charge is -2.28. The Bertz CT molecular complexity index is 187. The Balaban J connectivity index is 1.83. The predicted octanol–water partition coefficient (Wildman–Crippen LogP) is 2.09. The highest BCUT2D eigenvalue weighted by Crippen LogP contribution is 2.34. The Kier molecular flexibility index (Phi) is 2.87. The van der Waals surface area contributed by atoms with Crippen molar-refractivity contribution in [2.75, 3.05) is 6.54 Å². The fraction of sp³-hybridized carbons (Fsp3) is 0.909. The third-order valence-electron chi connectivity index (χ3n) is 3.49. The van der Waals surface area contributed by atoms with Crippen molar-refractivity contribution in [3.63, 3.8) is 0 Å². The molecule has 1 amide bonds. The van der Waals surface area contributed by atoms with Crippen molar-refractivity contribution in [1.82, 2.24) is 5.32 Å². The molecule has 0 aromatic rings. The molecule has 0 aromatic heterocycles. The molecule has 2 rings (SSSR count). The van der Waals surface area contributed by atoms with Crippen molar-refractivity contribution in [2.45, 2.75) is 44.9 Å². The fourth-order valence-corrected chi connectivity index (χ4v) is 2.36. The van der Waals surface area contributed by atoms with E-state index in [-0.39, 0.29) is 0 Å². The zero-order chi connectivity index (χ0) is 9.10. The molecule has 13 heavy (non-hydrogen) atoms. The zero-order valence-electron chi connectivity index (χ0n) is 8.22. The second kappa shape index (κ2) is 4.12. The van der Waals surface area contributed by atoms with Crippen LogP contribution in [0.15, 0.2) is 0 Å². The maximum atomic E-state index is 11.6. The first-order valence-electron chi connectivity index (χ1n) is 5.64. The Morgan fingerprint density at radius 1 is 1.15 bits per heavy atom. The topological polar surface area (TPSA) is 29.1 Å². The van der Waals surface area contributed by atoms with Gasteiger partial charge in [0, 0.05) is 12.5 Å². The van der Waals surface area contributed by atoms with Crippen LogP contribution in [0.3, 0.4) is 0 Å². The minimum absolute atomic E-state index is 0.324. The molecule has 1 aliphatic carbocycles. The summed E-state index contributed by atoms with van der Waals surface area (Å²) in [6.07, 6.45) is 8.81. The summed E-state index contributed by atoms with van der Waals surface area (Å²) in [6, 6.07) is 0. The van der Waals surface area contributed by atoms with Crippen LogP contribution in [0.2, 0.25) is 0 Å². The van der Waals surface area contributed by atoms with Crippen molar-refractivity contribution in [3.05, 3.63) is 0 Å². The van der Waals surface area contributed by atoms with E-state index in [1.165, 1.54) is 32.1 Å². The van der Waals surface area contributed by atoms with Crippen LogP contribution in [0.5, 0.6) is 0 Å². The highest BCUT2D eigenvalue weighted by atomic mass is 16.1. The summed E-state index contributed by atoms with van der Waals surface area (Å²) in [6.45, 7) is 0.903. The van der Waals surface area contributed by atoms with Crippen molar-refractivity contribution in [2.24, 2.45) is 11.8 Å². The van der Waals surface area contributed by atoms with Crippen LogP contribution >= 0.6 is 0 Å². The van der Waals surface area contributed by atoms with E-state index in [1.807, 2.05) is 0 Å². The van der Waals surface area contributed by atoms with E-state index in [9.17, 15) is 4.79 Å². The molecule has 1 unspecified atom stereocenters. The van der Waals surface area contributed by atoms with Gasteiger partial charge in [-0.3, -0.25) is 4.79 Å². The van der Waals surface area contributed by atoms with Crippen molar-refractivity contribution in [3.8, 4) is 0 Å². The second-order valence-electron chi connectivity index (χ2n) is 4.52. The van der Waals surface area contributed by atoms with Crippen LogP contribution in [-0.2, 0) is 4.79 Å². The molecule has 2 aliphatic rings. The van der Waals surface area contributed by atoms with Crippen LogP contribution in [-0.4, -0.2) is 12.5 Å². The molecular formula is C11H19NO. The van der Waals surface area contributed by atoms with E-state index in [4.69, 9.17) is 0 Å². The maximum Gasteiger partial charge on any atom is 0.223 e. The number of nitrogens with one attached hydrogen (secondary N) is 1. The summed E-state index contributed by atoms with van der Waals surface area (Å²) in [4.78, 5) is 11.6. The number of carbonyl (C=O) groups excluding carboxylic acids is 1. The van der Waals surface area contributed by atoms with Gasteiger partial charge in [-0.2, -0.15) is 0 Å². The molecule has 0 bridgehead atoms. The summed E-state index contributed by atoms with van der Waals surface area (Å²) in [5.74, 6) is 1.53. The highest BCUT2D eigenvalue weighted by Gasteiger charge is 2.27. The van der Waals surface area contributed by atoms with E-state index in [0.717, 1.165) is 25.3 Å². The van der Waals surface area contributed by atoms with Crippen LogP contribution in [0.1, 0.15) is 44.9 Å². The van der Waals surface area contributed by atoms with Crippen molar-refractivity contribution < 1.29 is 4.79 Å². The molecule has 74 valence electrons. The van der Waals surface area contributed by atoms with E-state index >= 15 is 0 Å². The van der Waals surface area contributed by atoms with Gasteiger partial charge in [0.25, 0.3) is 0 Å². The zero-order valence-corrected chi connectivity index (χ0v) is 8.22. The third kappa shape index (κ3) is 2.23. The first-order chi connectivity index (χ1) is 6.36. The molecule has 0 radical (unpaired) electrons. The highest BCUT2D eigenvalue weighted by molar-refractivity contribution is 5.78. The lowest BCUT2D eigenvalue weighted by atomic mass is 9.78. The third-order valence-corrected chi connectivity index (χ3v) is 3.49. The number of amides is 1. The summed E-state index contributed by atoms with van der Waals surface area (Å²) in [5.41, 5.74) is 0. The van der Waals surface area contributed by atoms with Gasteiger partial charge in [0.15, 0.2) is 0 Å². The molecule has 2 nitrogen and oxygen atoms in total. The summed E-state index contributed by atoms with van der Waals surface area (Å²) >= 11 is 0. The summed E-state index contributed by atoms with van der Waals surface area (Å²) < 4.78 is 0. The molecule has 1 saturated heterocycles.